The van der Waals surface area contributed by atoms with Gasteiger partial charge in [-0.05, 0) is 44.5 Å². The zero-order chi connectivity index (χ0) is 16.5. The number of H-pyrrole nitrogens is 1. The molecule has 0 amide bonds. The van der Waals surface area contributed by atoms with Crippen molar-refractivity contribution in [1.82, 2.24) is 20.3 Å². The predicted molar refractivity (Wildman–Crippen MR) is 95.0 cm³/mol. The van der Waals surface area contributed by atoms with Crippen LogP contribution in [0, 0.1) is 17.2 Å². The third-order valence-electron chi connectivity index (χ3n) is 4.90. The average Bonchev–Trinajstić information content (AvgIpc) is 3.23. The lowest BCUT2D eigenvalue weighted by molar-refractivity contribution is 0.521. The summed E-state index contributed by atoms with van der Waals surface area (Å²) in [7, 11) is 2.01. The number of nitrogens with one attached hydrogen (secondary N) is 2. The van der Waals surface area contributed by atoms with Crippen molar-refractivity contribution < 1.29 is 0 Å². The number of aromatic amines is 1. The van der Waals surface area contributed by atoms with Crippen LogP contribution in [0.1, 0.15) is 18.5 Å². The molecule has 4 heterocycles. The lowest BCUT2D eigenvalue weighted by atomic mass is 10.1. The molecule has 4 rings (SSSR count). The molecule has 0 aliphatic carbocycles. The van der Waals surface area contributed by atoms with E-state index in [0.29, 0.717) is 5.69 Å². The first-order chi connectivity index (χ1) is 11.8. The van der Waals surface area contributed by atoms with Crippen molar-refractivity contribution >= 4 is 27.6 Å². The van der Waals surface area contributed by atoms with Crippen molar-refractivity contribution in [2.75, 3.05) is 31.6 Å². The largest absolute Gasteiger partial charge is 0.371 e. The summed E-state index contributed by atoms with van der Waals surface area (Å²) >= 11 is 0. The van der Waals surface area contributed by atoms with E-state index >= 15 is 0 Å². The standard InChI is InChI=1S/C18H20N6/c1-20-5-2-12-4-7-24(11-12)16-3-6-21-18-17(16)14-8-13(9-19)22-10-15(14)23-18/h3,6,8,10,12,20H,2,4-5,7,11H2,1H3,(H,21,23)/t12-/m1/s1. The maximum Gasteiger partial charge on any atom is 0.141 e. The van der Waals surface area contributed by atoms with E-state index in [1.165, 1.54) is 18.5 Å². The van der Waals surface area contributed by atoms with Gasteiger partial charge in [0.25, 0.3) is 0 Å². The van der Waals surface area contributed by atoms with E-state index in [1.807, 2.05) is 19.3 Å². The first kappa shape index (κ1) is 14.9. The van der Waals surface area contributed by atoms with Crippen LogP contribution in [0.4, 0.5) is 5.69 Å². The molecule has 0 aromatic carbocycles. The van der Waals surface area contributed by atoms with Gasteiger partial charge < -0.3 is 15.2 Å². The molecule has 2 N–H and O–H groups in total. The maximum atomic E-state index is 9.15. The molecule has 6 nitrogen and oxygen atoms in total. The Labute approximate surface area is 140 Å². The minimum absolute atomic E-state index is 0.437. The molecule has 0 unspecified atom stereocenters. The second-order valence-corrected chi connectivity index (χ2v) is 6.40. The fourth-order valence-corrected chi connectivity index (χ4v) is 3.66. The lowest BCUT2D eigenvalue weighted by Crippen LogP contribution is -2.21. The Hall–Kier alpha value is -2.65. The van der Waals surface area contributed by atoms with Crippen LogP contribution >= 0.6 is 0 Å². The zero-order valence-electron chi connectivity index (χ0n) is 13.7. The molecule has 1 aliphatic rings. The van der Waals surface area contributed by atoms with Crippen LogP contribution in [0.25, 0.3) is 21.9 Å². The number of rotatable bonds is 4. The Morgan fingerprint density at radius 1 is 1.46 bits per heavy atom. The molecule has 24 heavy (non-hydrogen) atoms. The SMILES string of the molecule is CNCC[C@@H]1CCN(c2ccnc3[nH]c4cnc(C#N)cc4c23)C1. The van der Waals surface area contributed by atoms with Crippen LogP contribution in [0.5, 0.6) is 0 Å². The van der Waals surface area contributed by atoms with E-state index in [0.717, 1.165) is 47.5 Å². The fraction of sp³-hybridized carbons (Fsp3) is 0.389. The third kappa shape index (κ3) is 2.47. The van der Waals surface area contributed by atoms with Gasteiger partial charge in [-0.15, -0.1) is 0 Å². The number of hydrogen-bond acceptors (Lipinski definition) is 5. The second-order valence-electron chi connectivity index (χ2n) is 6.40. The number of hydrogen-bond donors (Lipinski definition) is 2. The summed E-state index contributed by atoms with van der Waals surface area (Å²) in [6.45, 7) is 3.20. The van der Waals surface area contributed by atoms with Crippen LogP contribution in [0.2, 0.25) is 0 Å². The molecule has 0 bridgehead atoms. The molecule has 3 aromatic heterocycles. The fourth-order valence-electron chi connectivity index (χ4n) is 3.66. The second kappa shape index (κ2) is 6.10. The maximum absolute atomic E-state index is 9.15. The smallest absolute Gasteiger partial charge is 0.141 e. The van der Waals surface area contributed by atoms with Crippen LogP contribution in [-0.4, -0.2) is 41.6 Å². The Bertz CT molecular complexity index is 922. The lowest BCUT2D eigenvalue weighted by Gasteiger charge is -2.20. The summed E-state index contributed by atoms with van der Waals surface area (Å²) in [5.74, 6) is 0.724. The molecule has 0 radical (unpaired) electrons. The molecule has 1 fully saturated rings. The summed E-state index contributed by atoms with van der Waals surface area (Å²) in [4.78, 5) is 14.4. The average molecular weight is 320 g/mol. The first-order valence-corrected chi connectivity index (χ1v) is 8.36. The highest BCUT2D eigenvalue weighted by Gasteiger charge is 2.24. The number of pyridine rings is 2. The molecule has 122 valence electrons. The van der Waals surface area contributed by atoms with Gasteiger partial charge >= 0.3 is 0 Å². The van der Waals surface area contributed by atoms with Gasteiger partial charge in [0, 0.05) is 30.4 Å². The van der Waals surface area contributed by atoms with Gasteiger partial charge in [-0.2, -0.15) is 5.26 Å². The van der Waals surface area contributed by atoms with Gasteiger partial charge in [0.05, 0.1) is 17.1 Å². The van der Waals surface area contributed by atoms with Gasteiger partial charge in [0.2, 0.25) is 0 Å². The van der Waals surface area contributed by atoms with Crippen LogP contribution in [-0.2, 0) is 0 Å². The molecule has 3 aromatic rings. The highest BCUT2D eigenvalue weighted by Crippen LogP contribution is 2.35. The quantitative estimate of drug-likeness (QED) is 0.771. The van der Waals surface area contributed by atoms with Crippen LogP contribution < -0.4 is 10.2 Å². The van der Waals surface area contributed by atoms with E-state index < -0.39 is 0 Å². The number of fused-ring (bicyclic) bond motifs is 3. The molecular weight excluding hydrogens is 300 g/mol. The third-order valence-corrected chi connectivity index (χ3v) is 4.90. The monoisotopic (exact) mass is 320 g/mol. The van der Waals surface area contributed by atoms with Crippen molar-refractivity contribution in [1.29, 1.82) is 5.26 Å². The summed E-state index contributed by atoms with van der Waals surface area (Å²) in [5.41, 5.74) is 3.42. The molecule has 1 aliphatic heterocycles. The van der Waals surface area contributed by atoms with Crippen molar-refractivity contribution in [3.63, 3.8) is 0 Å². The molecule has 0 spiro atoms. The van der Waals surface area contributed by atoms with Gasteiger partial charge in [-0.1, -0.05) is 0 Å². The summed E-state index contributed by atoms with van der Waals surface area (Å²) in [6, 6.07) is 6.07. The summed E-state index contributed by atoms with van der Waals surface area (Å²) in [5, 5.41) is 14.5. The van der Waals surface area contributed by atoms with Gasteiger partial charge in [0.1, 0.15) is 17.4 Å². The van der Waals surface area contributed by atoms with Gasteiger partial charge in [-0.25, -0.2) is 9.97 Å². The normalized spacial score (nSPS) is 17.7. The molecule has 0 saturated carbocycles. The number of aromatic nitrogens is 3. The van der Waals surface area contributed by atoms with Crippen molar-refractivity contribution in [3.8, 4) is 6.07 Å². The van der Waals surface area contributed by atoms with Gasteiger partial charge in [-0.3, -0.25) is 0 Å². The van der Waals surface area contributed by atoms with E-state index in [9.17, 15) is 0 Å². The molecule has 6 heteroatoms. The summed E-state index contributed by atoms with van der Waals surface area (Å²) < 4.78 is 0. The van der Waals surface area contributed by atoms with Gasteiger partial charge in [0.15, 0.2) is 0 Å². The Morgan fingerprint density at radius 3 is 3.21 bits per heavy atom. The number of nitriles is 1. The zero-order valence-corrected chi connectivity index (χ0v) is 13.7. The minimum atomic E-state index is 0.437. The van der Waals surface area contributed by atoms with Crippen molar-refractivity contribution in [3.05, 3.63) is 30.2 Å². The van der Waals surface area contributed by atoms with E-state index in [4.69, 9.17) is 5.26 Å². The predicted octanol–water partition coefficient (Wildman–Crippen LogP) is 2.42. The highest BCUT2D eigenvalue weighted by atomic mass is 15.2. The molecule has 1 saturated heterocycles. The van der Waals surface area contributed by atoms with Crippen LogP contribution in [0.3, 0.4) is 0 Å². The van der Waals surface area contributed by atoms with Crippen molar-refractivity contribution in [2.45, 2.75) is 12.8 Å². The van der Waals surface area contributed by atoms with Crippen molar-refractivity contribution in [2.24, 2.45) is 5.92 Å². The topological polar surface area (TPSA) is 80.6 Å². The Balaban J connectivity index is 1.77. The Kier molecular flexibility index (Phi) is 3.79. The molecular formula is C18H20N6. The number of anilines is 1. The minimum Gasteiger partial charge on any atom is -0.371 e. The first-order valence-electron chi connectivity index (χ1n) is 8.36. The van der Waals surface area contributed by atoms with Crippen LogP contribution in [0.15, 0.2) is 24.5 Å². The van der Waals surface area contributed by atoms with E-state index in [1.54, 1.807) is 6.20 Å². The number of nitrogens with zero attached hydrogens (tertiary/aromatic N) is 4. The summed E-state index contributed by atoms with van der Waals surface area (Å²) in [6.07, 6.45) is 6.00. The molecule has 1 atom stereocenters. The Morgan fingerprint density at radius 2 is 2.38 bits per heavy atom. The van der Waals surface area contributed by atoms with E-state index in [2.05, 4.69) is 37.3 Å². The highest BCUT2D eigenvalue weighted by molar-refractivity contribution is 6.12. The van der Waals surface area contributed by atoms with E-state index in [-0.39, 0.29) is 0 Å².